The smallest absolute Gasteiger partial charge is 0.271 e. The third-order valence-corrected chi connectivity index (χ3v) is 6.34. The third-order valence-electron chi connectivity index (χ3n) is 5.45. The summed E-state index contributed by atoms with van der Waals surface area (Å²) in [5, 5.41) is 0.404. The minimum Gasteiger partial charge on any atom is -0.367 e. The number of halogens is 1. The molecule has 5 rings (SSSR count). The van der Waals surface area contributed by atoms with Gasteiger partial charge in [-0.3, -0.25) is 14.0 Å². The van der Waals surface area contributed by atoms with Gasteiger partial charge in [0.25, 0.3) is 5.56 Å². The van der Waals surface area contributed by atoms with Gasteiger partial charge in [-0.2, -0.15) is 0 Å². The van der Waals surface area contributed by atoms with E-state index in [-0.39, 0.29) is 22.4 Å². The molecule has 1 saturated carbocycles. The molecule has 1 aromatic carbocycles. The summed E-state index contributed by atoms with van der Waals surface area (Å²) in [6.07, 6.45) is 2.78. The van der Waals surface area contributed by atoms with Crippen LogP contribution in [-0.2, 0) is 0 Å². The number of benzene rings is 1. The number of anilines is 1. The quantitative estimate of drug-likeness (QED) is 0.721. The largest absolute Gasteiger partial charge is 0.367 e. The molecule has 26 heavy (non-hydrogen) atoms. The highest BCUT2D eigenvalue weighted by molar-refractivity contribution is 7.12. The van der Waals surface area contributed by atoms with Crippen LogP contribution in [0.3, 0.4) is 0 Å². The number of pyridine rings is 1. The lowest BCUT2D eigenvalue weighted by Gasteiger charge is -2.23. The van der Waals surface area contributed by atoms with E-state index in [1.807, 2.05) is 16.4 Å². The second kappa shape index (κ2) is 5.17. The highest BCUT2D eigenvalue weighted by atomic mass is 32.1. The standard InChI is InChI=1S/C18H19FN4O2S/c1-18(20)4-5-22(8-18)13-7-12-10(6-11(13)19)15(24)14-16(25)21-26-17(14)23(12)9-2-3-9/h6-7,9H,2-5,8,20H2,1H3,(H,21,25). The van der Waals surface area contributed by atoms with Crippen molar-refractivity contribution < 1.29 is 4.39 Å². The SMILES string of the molecule is CC1(N)CCN(c2cc3c(cc2F)c(=O)c2c(=O)[nH]sc2n3C2CC2)C1. The molecule has 2 aliphatic rings. The highest BCUT2D eigenvalue weighted by Crippen LogP contribution is 2.41. The van der Waals surface area contributed by atoms with Crippen molar-refractivity contribution >= 4 is 38.3 Å². The van der Waals surface area contributed by atoms with Crippen LogP contribution in [0.4, 0.5) is 10.1 Å². The predicted molar refractivity (Wildman–Crippen MR) is 102 cm³/mol. The molecule has 3 N–H and O–H groups in total. The lowest BCUT2D eigenvalue weighted by atomic mass is 10.0. The fourth-order valence-corrected chi connectivity index (χ4v) is 4.89. The average molecular weight is 374 g/mol. The Hall–Kier alpha value is -2.19. The summed E-state index contributed by atoms with van der Waals surface area (Å²) in [5.41, 5.74) is 6.23. The molecule has 0 bridgehead atoms. The molecule has 6 nitrogen and oxygen atoms in total. The molecule has 1 aliphatic carbocycles. The van der Waals surface area contributed by atoms with Gasteiger partial charge in [0.05, 0.1) is 11.2 Å². The van der Waals surface area contributed by atoms with Crippen LogP contribution in [0, 0.1) is 5.82 Å². The Bertz CT molecular complexity index is 1170. The highest BCUT2D eigenvalue weighted by Gasteiger charge is 2.33. The summed E-state index contributed by atoms with van der Waals surface area (Å²) in [7, 11) is 0. The summed E-state index contributed by atoms with van der Waals surface area (Å²) in [4.78, 5) is 27.5. The van der Waals surface area contributed by atoms with Crippen LogP contribution in [0.5, 0.6) is 0 Å². The maximum absolute atomic E-state index is 14.9. The molecule has 1 aliphatic heterocycles. The van der Waals surface area contributed by atoms with Crippen molar-refractivity contribution in [2.24, 2.45) is 5.73 Å². The van der Waals surface area contributed by atoms with Gasteiger partial charge >= 0.3 is 0 Å². The zero-order chi connectivity index (χ0) is 18.2. The van der Waals surface area contributed by atoms with Crippen LogP contribution in [-0.4, -0.2) is 27.6 Å². The number of fused-ring (bicyclic) bond motifs is 2. The molecule has 3 aromatic rings. The molecular weight excluding hydrogens is 355 g/mol. The van der Waals surface area contributed by atoms with E-state index in [0.717, 1.165) is 19.3 Å². The van der Waals surface area contributed by atoms with Crippen molar-refractivity contribution in [1.29, 1.82) is 0 Å². The van der Waals surface area contributed by atoms with Crippen LogP contribution >= 0.6 is 11.5 Å². The minimum atomic E-state index is -0.444. The number of nitrogens with two attached hydrogens (primary N) is 1. The number of nitrogens with one attached hydrogen (secondary N) is 1. The van der Waals surface area contributed by atoms with Gasteiger partial charge in [-0.25, -0.2) is 4.39 Å². The number of rotatable bonds is 2. The van der Waals surface area contributed by atoms with Crippen LogP contribution < -0.4 is 21.6 Å². The Balaban J connectivity index is 1.83. The summed E-state index contributed by atoms with van der Waals surface area (Å²) in [5.74, 6) is -0.444. The van der Waals surface area contributed by atoms with E-state index in [0.29, 0.717) is 29.1 Å². The number of H-pyrrole nitrogens is 1. The first-order valence-corrected chi connectivity index (χ1v) is 9.60. The van der Waals surface area contributed by atoms with Crippen LogP contribution in [0.15, 0.2) is 21.7 Å². The zero-order valence-electron chi connectivity index (χ0n) is 14.3. The van der Waals surface area contributed by atoms with Crippen molar-refractivity contribution in [2.45, 2.75) is 37.8 Å². The third kappa shape index (κ3) is 2.25. The van der Waals surface area contributed by atoms with E-state index in [4.69, 9.17) is 5.73 Å². The van der Waals surface area contributed by atoms with Gasteiger partial charge in [-0.05, 0) is 49.9 Å². The number of aromatic amines is 1. The van der Waals surface area contributed by atoms with Crippen molar-refractivity contribution in [3.8, 4) is 0 Å². The maximum atomic E-state index is 14.9. The van der Waals surface area contributed by atoms with E-state index in [1.54, 1.807) is 6.07 Å². The molecule has 2 fully saturated rings. The molecule has 0 amide bonds. The van der Waals surface area contributed by atoms with Crippen molar-refractivity contribution in [3.63, 3.8) is 0 Å². The minimum absolute atomic E-state index is 0.136. The zero-order valence-corrected chi connectivity index (χ0v) is 15.2. The van der Waals surface area contributed by atoms with Crippen LogP contribution in [0.1, 0.15) is 32.2 Å². The van der Waals surface area contributed by atoms with E-state index in [9.17, 15) is 14.0 Å². The number of nitrogens with zero attached hydrogens (tertiary/aromatic N) is 2. The first-order valence-electron chi connectivity index (χ1n) is 8.78. The van der Waals surface area contributed by atoms with Gasteiger partial charge in [0.15, 0.2) is 0 Å². The summed E-state index contributed by atoms with van der Waals surface area (Å²) in [6.45, 7) is 3.22. The molecule has 136 valence electrons. The average Bonchev–Trinajstić information content (AvgIpc) is 3.25. The Kier molecular flexibility index (Phi) is 3.19. The summed E-state index contributed by atoms with van der Waals surface area (Å²) < 4.78 is 19.6. The van der Waals surface area contributed by atoms with E-state index >= 15 is 0 Å². The molecule has 3 heterocycles. The molecule has 8 heteroatoms. The fourth-order valence-electron chi connectivity index (χ4n) is 3.97. The van der Waals surface area contributed by atoms with Gasteiger partial charge in [0.2, 0.25) is 5.43 Å². The monoisotopic (exact) mass is 374 g/mol. The molecular formula is C18H19FN4O2S. The number of aromatic nitrogens is 2. The Morgan fingerprint density at radius 3 is 2.77 bits per heavy atom. The second-order valence-electron chi connectivity index (χ2n) is 7.79. The van der Waals surface area contributed by atoms with E-state index in [2.05, 4.69) is 4.37 Å². The van der Waals surface area contributed by atoms with Crippen molar-refractivity contribution in [2.75, 3.05) is 18.0 Å². The Morgan fingerprint density at radius 2 is 2.12 bits per heavy atom. The Labute approximate surface area is 152 Å². The first-order chi connectivity index (χ1) is 12.4. The van der Waals surface area contributed by atoms with Gasteiger partial charge < -0.3 is 15.2 Å². The second-order valence-corrected chi connectivity index (χ2v) is 8.59. The molecule has 2 aromatic heterocycles. The van der Waals surface area contributed by atoms with Gasteiger partial charge in [-0.15, -0.1) is 0 Å². The molecule has 1 saturated heterocycles. The number of hydrogen-bond acceptors (Lipinski definition) is 5. The summed E-state index contributed by atoms with van der Waals surface area (Å²) in [6, 6.07) is 3.30. The molecule has 1 unspecified atom stereocenters. The van der Waals surface area contributed by atoms with E-state index < -0.39 is 16.8 Å². The predicted octanol–water partition coefficient (Wildman–Crippen LogP) is 2.31. The van der Waals surface area contributed by atoms with Crippen molar-refractivity contribution in [3.05, 3.63) is 38.5 Å². The van der Waals surface area contributed by atoms with Crippen LogP contribution in [0.2, 0.25) is 0 Å². The lowest BCUT2D eigenvalue weighted by Crippen LogP contribution is -2.39. The van der Waals surface area contributed by atoms with E-state index in [1.165, 1.54) is 17.6 Å². The molecule has 0 spiro atoms. The lowest BCUT2D eigenvalue weighted by molar-refractivity contribution is 0.524. The van der Waals surface area contributed by atoms with Gasteiger partial charge in [0, 0.05) is 30.1 Å². The van der Waals surface area contributed by atoms with Gasteiger partial charge in [-0.1, -0.05) is 0 Å². The van der Waals surface area contributed by atoms with Gasteiger partial charge in [0.1, 0.15) is 16.0 Å². The summed E-state index contributed by atoms with van der Waals surface area (Å²) >= 11 is 1.18. The van der Waals surface area contributed by atoms with Crippen molar-refractivity contribution in [1.82, 2.24) is 8.94 Å². The molecule has 0 radical (unpaired) electrons. The normalized spacial score (nSPS) is 23.4. The maximum Gasteiger partial charge on any atom is 0.271 e. The topological polar surface area (TPSA) is 84.1 Å². The Morgan fingerprint density at radius 1 is 1.35 bits per heavy atom. The number of hydrogen-bond donors (Lipinski definition) is 2. The fraction of sp³-hybridized carbons (Fsp3) is 0.444. The molecule has 1 atom stereocenters. The van der Waals surface area contributed by atoms with Crippen LogP contribution in [0.25, 0.3) is 21.1 Å². The first kappa shape index (κ1) is 16.0.